The van der Waals surface area contributed by atoms with Crippen molar-refractivity contribution in [3.8, 4) is 11.6 Å². The van der Waals surface area contributed by atoms with Crippen LogP contribution >= 0.6 is 11.8 Å². The van der Waals surface area contributed by atoms with Crippen LogP contribution in [0.1, 0.15) is 12.5 Å². The number of aromatic nitrogens is 4. The first-order valence-electron chi connectivity index (χ1n) is 7.09. The Balaban J connectivity index is 1.96. The lowest BCUT2D eigenvalue weighted by Crippen LogP contribution is -1.86. The van der Waals surface area contributed by atoms with Crippen molar-refractivity contribution in [2.75, 3.05) is 5.75 Å². The van der Waals surface area contributed by atoms with E-state index in [1.807, 2.05) is 37.4 Å². The Morgan fingerprint density at radius 2 is 2.18 bits per heavy atom. The monoisotopic (exact) mass is 310 g/mol. The third kappa shape index (κ3) is 2.07. The Labute approximate surface area is 131 Å². The van der Waals surface area contributed by atoms with Crippen LogP contribution < -0.4 is 0 Å². The summed E-state index contributed by atoms with van der Waals surface area (Å²) in [7, 11) is 0. The number of aryl methyl sites for hydroxylation is 1. The van der Waals surface area contributed by atoms with E-state index >= 15 is 0 Å². The van der Waals surface area contributed by atoms with Crippen LogP contribution in [0.2, 0.25) is 0 Å². The number of rotatable bonds is 3. The van der Waals surface area contributed by atoms with Gasteiger partial charge in [0, 0.05) is 12.4 Å². The van der Waals surface area contributed by atoms with E-state index in [9.17, 15) is 0 Å². The van der Waals surface area contributed by atoms with Gasteiger partial charge in [-0.1, -0.05) is 13.0 Å². The molecule has 0 aliphatic heterocycles. The highest BCUT2D eigenvalue weighted by atomic mass is 32.2. The molecule has 0 aromatic carbocycles. The van der Waals surface area contributed by atoms with E-state index in [0.717, 1.165) is 33.2 Å². The minimum atomic E-state index is 0.521. The summed E-state index contributed by atoms with van der Waals surface area (Å²) in [5, 5.41) is 1.04. The highest BCUT2D eigenvalue weighted by Gasteiger charge is 2.19. The first kappa shape index (κ1) is 13.3. The van der Waals surface area contributed by atoms with Gasteiger partial charge in [0.15, 0.2) is 5.69 Å². The fourth-order valence-electron chi connectivity index (χ4n) is 2.41. The second-order valence-corrected chi connectivity index (χ2v) is 6.24. The van der Waals surface area contributed by atoms with Crippen molar-refractivity contribution in [2.45, 2.75) is 18.9 Å². The van der Waals surface area contributed by atoms with Crippen LogP contribution in [0.15, 0.2) is 46.1 Å². The molecule has 0 unspecified atom stereocenters. The van der Waals surface area contributed by atoms with Gasteiger partial charge >= 0.3 is 0 Å². The van der Waals surface area contributed by atoms with Crippen LogP contribution in [-0.4, -0.2) is 25.1 Å². The summed E-state index contributed by atoms with van der Waals surface area (Å²) in [6.45, 7) is 4.11. The van der Waals surface area contributed by atoms with Gasteiger partial charge in [-0.2, -0.15) is 0 Å². The number of nitrogens with zero attached hydrogens (tertiary/aromatic N) is 4. The minimum Gasteiger partial charge on any atom is -0.416 e. The van der Waals surface area contributed by atoms with E-state index in [4.69, 9.17) is 4.42 Å². The number of thioether (sulfide) groups is 1. The number of hydrogen-bond donors (Lipinski definition) is 0. The standard InChI is InChI=1S/C16H14N4OS/c1-3-22-16-13(19-12-6-4-5-7-20(12)16)15-18-11-8-10(2)9-17-14(11)21-15/h4-9H,3H2,1-2H3. The molecule has 4 aromatic heterocycles. The van der Waals surface area contributed by atoms with Crippen LogP contribution in [-0.2, 0) is 0 Å². The van der Waals surface area contributed by atoms with Gasteiger partial charge < -0.3 is 4.42 Å². The van der Waals surface area contributed by atoms with Crippen molar-refractivity contribution in [2.24, 2.45) is 0 Å². The van der Waals surface area contributed by atoms with E-state index in [2.05, 4.69) is 26.3 Å². The van der Waals surface area contributed by atoms with Crippen molar-refractivity contribution in [1.29, 1.82) is 0 Å². The molecule has 0 aliphatic rings. The van der Waals surface area contributed by atoms with Gasteiger partial charge in [-0.3, -0.25) is 4.40 Å². The molecule has 0 atom stereocenters. The normalized spacial score (nSPS) is 11.5. The average Bonchev–Trinajstić information content (AvgIpc) is 3.09. The maximum atomic E-state index is 5.81. The molecule has 4 aromatic rings. The minimum absolute atomic E-state index is 0.521. The van der Waals surface area contributed by atoms with E-state index in [1.165, 1.54) is 0 Å². The van der Waals surface area contributed by atoms with Gasteiger partial charge in [0.1, 0.15) is 16.2 Å². The molecular formula is C16H14N4OS. The molecule has 0 fully saturated rings. The Bertz CT molecular complexity index is 973. The van der Waals surface area contributed by atoms with Crippen molar-refractivity contribution in [3.63, 3.8) is 0 Å². The lowest BCUT2D eigenvalue weighted by molar-refractivity contribution is 0.603. The van der Waals surface area contributed by atoms with Gasteiger partial charge in [0.25, 0.3) is 5.89 Å². The zero-order valence-corrected chi connectivity index (χ0v) is 13.1. The summed E-state index contributed by atoms with van der Waals surface area (Å²) >= 11 is 1.73. The Morgan fingerprint density at radius 3 is 3.05 bits per heavy atom. The van der Waals surface area contributed by atoms with Crippen molar-refractivity contribution >= 4 is 28.6 Å². The summed E-state index contributed by atoms with van der Waals surface area (Å²) in [6, 6.07) is 7.92. The third-order valence-electron chi connectivity index (χ3n) is 3.35. The molecule has 0 saturated carbocycles. The van der Waals surface area contributed by atoms with Crippen LogP contribution in [0.25, 0.3) is 28.5 Å². The third-order valence-corrected chi connectivity index (χ3v) is 4.31. The molecule has 0 bridgehead atoms. The largest absolute Gasteiger partial charge is 0.416 e. The highest BCUT2D eigenvalue weighted by Crippen LogP contribution is 2.32. The van der Waals surface area contributed by atoms with E-state index in [0.29, 0.717) is 11.6 Å². The van der Waals surface area contributed by atoms with Crippen molar-refractivity contribution < 1.29 is 4.42 Å². The van der Waals surface area contributed by atoms with Crippen LogP contribution in [0, 0.1) is 6.92 Å². The fraction of sp³-hybridized carbons (Fsp3) is 0.188. The lowest BCUT2D eigenvalue weighted by Gasteiger charge is -1.99. The molecule has 0 radical (unpaired) electrons. The summed E-state index contributed by atoms with van der Waals surface area (Å²) in [6.07, 6.45) is 3.79. The van der Waals surface area contributed by atoms with E-state index in [-0.39, 0.29) is 0 Å². The average molecular weight is 310 g/mol. The summed E-state index contributed by atoms with van der Waals surface area (Å²) in [4.78, 5) is 13.5. The molecule has 4 heterocycles. The number of imidazole rings is 1. The zero-order chi connectivity index (χ0) is 15.1. The van der Waals surface area contributed by atoms with Crippen LogP contribution in [0.3, 0.4) is 0 Å². The summed E-state index contributed by atoms with van der Waals surface area (Å²) in [5.74, 6) is 1.47. The molecule has 0 saturated heterocycles. The maximum absolute atomic E-state index is 5.81. The molecule has 0 N–H and O–H groups in total. The van der Waals surface area contributed by atoms with Crippen molar-refractivity contribution in [1.82, 2.24) is 19.4 Å². The van der Waals surface area contributed by atoms with Gasteiger partial charge in [0.05, 0.1) is 0 Å². The quantitative estimate of drug-likeness (QED) is 0.536. The lowest BCUT2D eigenvalue weighted by atomic mass is 10.3. The smallest absolute Gasteiger partial charge is 0.250 e. The summed E-state index contributed by atoms with van der Waals surface area (Å²) < 4.78 is 7.88. The Morgan fingerprint density at radius 1 is 1.27 bits per heavy atom. The Kier molecular flexibility index (Phi) is 3.11. The number of oxazole rings is 1. The van der Waals surface area contributed by atoms with Gasteiger partial charge in [-0.15, -0.1) is 11.8 Å². The summed E-state index contributed by atoms with van der Waals surface area (Å²) in [5.41, 5.74) is 4.03. The number of hydrogen-bond acceptors (Lipinski definition) is 5. The zero-order valence-electron chi connectivity index (χ0n) is 12.3. The Hall–Kier alpha value is -2.34. The maximum Gasteiger partial charge on any atom is 0.250 e. The topological polar surface area (TPSA) is 56.2 Å². The second kappa shape index (κ2) is 5.14. The molecule has 0 spiro atoms. The van der Waals surface area contributed by atoms with Gasteiger partial charge in [0.2, 0.25) is 5.71 Å². The number of fused-ring (bicyclic) bond motifs is 2. The highest BCUT2D eigenvalue weighted by molar-refractivity contribution is 7.99. The second-order valence-electron chi connectivity index (χ2n) is 4.98. The van der Waals surface area contributed by atoms with Crippen LogP contribution in [0.5, 0.6) is 0 Å². The van der Waals surface area contributed by atoms with Gasteiger partial charge in [-0.25, -0.2) is 15.0 Å². The molecule has 110 valence electrons. The SMILES string of the molecule is CCSc1c(-c2nc3cc(C)cnc3o2)nc2ccccn12. The van der Waals surface area contributed by atoms with E-state index < -0.39 is 0 Å². The number of pyridine rings is 2. The molecule has 5 nitrogen and oxygen atoms in total. The first-order chi connectivity index (χ1) is 10.8. The molecule has 4 rings (SSSR count). The molecule has 22 heavy (non-hydrogen) atoms. The van der Waals surface area contributed by atoms with Gasteiger partial charge in [-0.05, 0) is 36.4 Å². The molecule has 6 heteroatoms. The van der Waals surface area contributed by atoms with Crippen LogP contribution in [0.4, 0.5) is 0 Å². The predicted molar refractivity (Wildman–Crippen MR) is 87.1 cm³/mol. The fourth-order valence-corrected chi connectivity index (χ4v) is 3.25. The van der Waals surface area contributed by atoms with Crippen molar-refractivity contribution in [3.05, 3.63) is 42.2 Å². The predicted octanol–water partition coefficient (Wildman–Crippen LogP) is 3.96. The first-order valence-corrected chi connectivity index (χ1v) is 8.08. The molecule has 0 aliphatic carbocycles. The molecular weight excluding hydrogens is 296 g/mol. The molecule has 0 amide bonds. The van der Waals surface area contributed by atoms with E-state index in [1.54, 1.807) is 18.0 Å².